The average molecular weight is 307 g/mol. The minimum atomic E-state index is 0.539. The van der Waals surface area contributed by atoms with Gasteiger partial charge in [-0.2, -0.15) is 0 Å². The Morgan fingerprint density at radius 1 is 0.889 bits per heavy atom. The lowest BCUT2D eigenvalue weighted by Gasteiger charge is -2.11. The highest BCUT2D eigenvalue weighted by Crippen LogP contribution is 2.27. The number of hydrogen-bond donors (Lipinski definition) is 0. The lowest BCUT2D eigenvalue weighted by atomic mass is 10.2. The second kappa shape index (κ2) is 6.45. The molecule has 0 heterocycles. The van der Waals surface area contributed by atoms with Gasteiger partial charge < -0.3 is 9.47 Å². The molecular weight excluding hydrogens is 292 g/mol. The topological polar surface area (TPSA) is 18.5 Å². The van der Waals surface area contributed by atoms with Crippen LogP contribution in [0.1, 0.15) is 12.5 Å². The van der Waals surface area contributed by atoms with Crippen molar-refractivity contribution < 1.29 is 9.47 Å². The maximum Gasteiger partial charge on any atom is 0.161 e. The van der Waals surface area contributed by atoms with Crippen LogP contribution < -0.4 is 9.47 Å². The van der Waals surface area contributed by atoms with E-state index in [2.05, 4.69) is 15.9 Å². The third-order valence-electron chi connectivity index (χ3n) is 2.46. The summed E-state index contributed by atoms with van der Waals surface area (Å²) in [5, 5.41) is 0. The van der Waals surface area contributed by atoms with Gasteiger partial charge >= 0.3 is 0 Å². The van der Waals surface area contributed by atoms with Crippen molar-refractivity contribution in [3.63, 3.8) is 0 Å². The fourth-order valence-corrected chi connectivity index (χ4v) is 1.85. The highest BCUT2D eigenvalue weighted by molar-refractivity contribution is 9.10. The Balaban J connectivity index is 2.03. The zero-order chi connectivity index (χ0) is 12.8. The Labute approximate surface area is 116 Å². The summed E-state index contributed by atoms with van der Waals surface area (Å²) in [5.74, 6) is 1.57. The van der Waals surface area contributed by atoms with E-state index in [1.807, 2.05) is 55.5 Å². The number of ether oxygens (including phenoxy) is 2. The highest BCUT2D eigenvalue weighted by atomic mass is 79.9. The second-order valence-corrected chi connectivity index (χ2v) is 4.71. The minimum absolute atomic E-state index is 0.539. The first kappa shape index (κ1) is 13.0. The van der Waals surface area contributed by atoms with Crippen molar-refractivity contribution in [1.29, 1.82) is 0 Å². The molecule has 0 amide bonds. The molecule has 0 radical (unpaired) electrons. The molecule has 2 rings (SSSR count). The maximum absolute atomic E-state index is 5.78. The summed E-state index contributed by atoms with van der Waals surface area (Å²) in [6.45, 7) is 3.14. The standard InChI is InChI=1S/C15H15BrO2/c1-2-17-14-5-3-4-6-15(14)18-11-12-7-9-13(16)10-8-12/h3-10H,2,11H2,1H3. The number of para-hydroxylation sites is 2. The summed E-state index contributed by atoms with van der Waals surface area (Å²) >= 11 is 3.41. The van der Waals surface area contributed by atoms with E-state index in [1.165, 1.54) is 0 Å². The van der Waals surface area contributed by atoms with Gasteiger partial charge in [-0.3, -0.25) is 0 Å². The molecule has 2 nitrogen and oxygen atoms in total. The molecule has 0 bridgehead atoms. The molecule has 0 aliphatic rings. The molecule has 2 aromatic carbocycles. The number of rotatable bonds is 5. The minimum Gasteiger partial charge on any atom is -0.490 e. The Bertz CT molecular complexity index is 494. The van der Waals surface area contributed by atoms with Crippen LogP contribution >= 0.6 is 15.9 Å². The SMILES string of the molecule is CCOc1ccccc1OCc1ccc(Br)cc1. The van der Waals surface area contributed by atoms with Gasteiger partial charge in [0.05, 0.1) is 6.61 Å². The van der Waals surface area contributed by atoms with Crippen LogP contribution in [-0.2, 0) is 6.61 Å². The lowest BCUT2D eigenvalue weighted by molar-refractivity contribution is 0.269. The molecule has 94 valence electrons. The Morgan fingerprint density at radius 2 is 1.50 bits per heavy atom. The van der Waals surface area contributed by atoms with Gasteiger partial charge in [-0.1, -0.05) is 40.2 Å². The van der Waals surface area contributed by atoms with Gasteiger partial charge in [0, 0.05) is 4.47 Å². The highest BCUT2D eigenvalue weighted by Gasteiger charge is 2.03. The van der Waals surface area contributed by atoms with Gasteiger partial charge in [-0.05, 0) is 36.8 Å². The molecule has 18 heavy (non-hydrogen) atoms. The number of benzene rings is 2. The maximum atomic E-state index is 5.78. The van der Waals surface area contributed by atoms with Gasteiger partial charge in [0.2, 0.25) is 0 Å². The molecule has 0 spiro atoms. The van der Waals surface area contributed by atoms with Crippen LogP contribution in [0.4, 0.5) is 0 Å². The smallest absolute Gasteiger partial charge is 0.161 e. The van der Waals surface area contributed by atoms with E-state index >= 15 is 0 Å². The van der Waals surface area contributed by atoms with Crippen LogP contribution in [0, 0.1) is 0 Å². The van der Waals surface area contributed by atoms with E-state index in [0.717, 1.165) is 21.5 Å². The van der Waals surface area contributed by atoms with Crippen molar-refractivity contribution in [3.05, 3.63) is 58.6 Å². The summed E-state index contributed by atoms with van der Waals surface area (Å²) < 4.78 is 12.4. The fourth-order valence-electron chi connectivity index (χ4n) is 1.59. The molecule has 0 N–H and O–H groups in total. The Hall–Kier alpha value is -1.48. The Kier molecular flexibility index (Phi) is 4.65. The summed E-state index contributed by atoms with van der Waals surface area (Å²) in [6, 6.07) is 15.8. The van der Waals surface area contributed by atoms with Crippen molar-refractivity contribution in [2.45, 2.75) is 13.5 Å². The van der Waals surface area contributed by atoms with E-state index in [0.29, 0.717) is 13.2 Å². The largest absolute Gasteiger partial charge is 0.490 e. The molecule has 0 aliphatic carbocycles. The predicted molar refractivity (Wildman–Crippen MR) is 76.1 cm³/mol. The molecule has 0 fully saturated rings. The van der Waals surface area contributed by atoms with Gasteiger partial charge in [0.15, 0.2) is 11.5 Å². The van der Waals surface area contributed by atoms with E-state index in [9.17, 15) is 0 Å². The molecule has 2 aromatic rings. The fraction of sp³-hybridized carbons (Fsp3) is 0.200. The first-order valence-corrected chi connectivity index (χ1v) is 6.68. The van der Waals surface area contributed by atoms with Crippen molar-refractivity contribution in [1.82, 2.24) is 0 Å². The van der Waals surface area contributed by atoms with Crippen LogP contribution in [0.3, 0.4) is 0 Å². The first-order chi connectivity index (χ1) is 8.79. The van der Waals surface area contributed by atoms with Crippen LogP contribution in [-0.4, -0.2) is 6.61 Å². The predicted octanol–water partition coefficient (Wildman–Crippen LogP) is 4.43. The second-order valence-electron chi connectivity index (χ2n) is 3.79. The number of halogens is 1. The quantitative estimate of drug-likeness (QED) is 0.813. The summed E-state index contributed by atoms with van der Waals surface area (Å²) in [4.78, 5) is 0. The van der Waals surface area contributed by atoms with E-state index in [4.69, 9.17) is 9.47 Å². The van der Waals surface area contributed by atoms with Crippen molar-refractivity contribution in [2.75, 3.05) is 6.61 Å². The van der Waals surface area contributed by atoms with E-state index in [-0.39, 0.29) is 0 Å². The third-order valence-corrected chi connectivity index (χ3v) is 2.99. The van der Waals surface area contributed by atoms with Crippen molar-refractivity contribution >= 4 is 15.9 Å². The van der Waals surface area contributed by atoms with Crippen LogP contribution in [0.15, 0.2) is 53.0 Å². The van der Waals surface area contributed by atoms with Crippen molar-refractivity contribution in [2.24, 2.45) is 0 Å². The number of hydrogen-bond acceptors (Lipinski definition) is 2. The molecule has 0 unspecified atom stereocenters. The molecular formula is C15H15BrO2. The molecule has 0 aliphatic heterocycles. The third kappa shape index (κ3) is 3.50. The molecule has 0 aromatic heterocycles. The molecule has 0 atom stereocenters. The van der Waals surface area contributed by atoms with Gasteiger partial charge in [0.25, 0.3) is 0 Å². The first-order valence-electron chi connectivity index (χ1n) is 5.88. The summed E-state index contributed by atoms with van der Waals surface area (Å²) in [5.41, 5.74) is 1.13. The molecule has 0 saturated carbocycles. The normalized spacial score (nSPS) is 10.1. The lowest BCUT2D eigenvalue weighted by Crippen LogP contribution is -1.99. The van der Waals surface area contributed by atoms with Crippen LogP contribution in [0.2, 0.25) is 0 Å². The summed E-state index contributed by atoms with van der Waals surface area (Å²) in [6.07, 6.45) is 0. The molecule has 0 saturated heterocycles. The van der Waals surface area contributed by atoms with Crippen molar-refractivity contribution in [3.8, 4) is 11.5 Å². The Morgan fingerprint density at radius 3 is 2.11 bits per heavy atom. The average Bonchev–Trinajstić information content (AvgIpc) is 2.40. The van der Waals surface area contributed by atoms with Crippen LogP contribution in [0.5, 0.6) is 11.5 Å². The zero-order valence-electron chi connectivity index (χ0n) is 10.2. The zero-order valence-corrected chi connectivity index (χ0v) is 11.8. The van der Waals surface area contributed by atoms with Gasteiger partial charge in [-0.25, -0.2) is 0 Å². The monoisotopic (exact) mass is 306 g/mol. The van der Waals surface area contributed by atoms with E-state index < -0.39 is 0 Å². The van der Waals surface area contributed by atoms with Gasteiger partial charge in [-0.15, -0.1) is 0 Å². The van der Waals surface area contributed by atoms with Gasteiger partial charge in [0.1, 0.15) is 6.61 Å². The van der Waals surface area contributed by atoms with Crippen LogP contribution in [0.25, 0.3) is 0 Å². The van der Waals surface area contributed by atoms with E-state index in [1.54, 1.807) is 0 Å². The molecule has 3 heteroatoms. The summed E-state index contributed by atoms with van der Waals surface area (Å²) in [7, 11) is 0.